The monoisotopic (exact) mass is 427 g/mol. The van der Waals surface area contributed by atoms with E-state index in [0.717, 1.165) is 48.4 Å². The molecule has 1 unspecified atom stereocenters. The minimum Gasteiger partial charge on any atom is -0.383 e. The van der Waals surface area contributed by atoms with Crippen LogP contribution >= 0.6 is 0 Å². The van der Waals surface area contributed by atoms with Crippen LogP contribution in [0.15, 0.2) is 48.7 Å². The SMILES string of the molecule is C[C@@H](NC(=O)N1CCC2(CCn3nc(-c4cnc(N)c(C#N)c4)cc32)C1)c1ccccc1. The van der Waals surface area contributed by atoms with Gasteiger partial charge in [-0.25, -0.2) is 9.78 Å². The van der Waals surface area contributed by atoms with Crippen LogP contribution in [0.2, 0.25) is 0 Å². The van der Waals surface area contributed by atoms with Gasteiger partial charge in [0.15, 0.2) is 0 Å². The fourth-order valence-corrected chi connectivity index (χ4v) is 4.87. The zero-order valence-electron chi connectivity index (χ0n) is 18.0. The number of anilines is 1. The lowest BCUT2D eigenvalue weighted by Gasteiger charge is -2.25. The number of pyridine rings is 1. The predicted molar refractivity (Wildman–Crippen MR) is 120 cm³/mol. The highest BCUT2D eigenvalue weighted by Crippen LogP contribution is 2.43. The second-order valence-electron chi connectivity index (χ2n) is 8.69. The Labute approximate surface area is 186 Å². The smallest absolute Gasteiger partial charge is 0.317 e. The third-order valence-electron chi connectivity index (χ3n) is 6.74. The highest BCUT2D eigenvalue weighted by Gasteiger charge is 2.47. The van der Waals surface area contributed by atoms with Gasteiger partial charge in [-0.05, 0) is 37.5 Å². The molecule has 0 radical (unpaired) electrons. The number of carbonyl (C=O) groups is 1. The van der Waals surface area contributed by atoms with E-state index in [4.69, 9.17) is 10.8 Å². The molecule has 1 saturated heterocycles. The van der Waals surface area contributed by atoms with Crippen LogP contribution in [0.25, 0.3) is 11.3 Å². The number of nitriles is 1. The lowest BCUT2D eigenvalue weighted by atomic mass is 9.82. The lowest BCUT2D eigenvalue weighted by Crippen LogP contribution is -2.41. The van der Waals surface area contributed by atoms with Gasteiger partial charge in [-0.1, -0.05) is 30.3 Å². The van der Waals surface area contributed by atoms with E-state index in [9.17, 15) is 10.1 Å². The van der Waals surface area contributed by atoms with Gasteiger partial charge in [-0.2, -0.15) is 10.4 Å². The standard InChI is InChI=1S/C24H25N7O/c1-16(17-5-3-2-4-6-17)28-23(32)30-9-7-24(15-30)8-10-31-21(24)12-20(29-31)19-11-18(13-25)22(26)27-14-19/h2-6,11-12,14,16H,7-10,15H2,1H3,(H2,26,27)(H,28,32)/t16-,24?/m1/s1. The number of hydrogen-bond donors (Lipinski definition) is 2. The third kappa shape index (κ3) is 3.36. The molecule has 5 rings (SSSR count). The molecular weight excluding hydrogens is 402 g/mol. The molecule has 3 aromatic rings. The van der Waals surface area contributed by atoms with E-state index in [-0.39, 0.29) is 23.3 Å². The van der Waals surface area contributed by atoms with Crippen molar-refractivity contribution in [3.05, 3.63) is 65.5 Å². The molecule has 162 valence electrons. The minimum atomic E-state index is -0.0854. The summed E-state index contributed by atoms with van der Waals surface area (Å²) in [5, 5.41) is 17.1. The third-order valence-corrected chi connectivity index (χ3v) is 6.74. The first-order valence-corrected chi connectivity index (χ1v) is 10.8. The normalized spacial score (nSPS) is 20.2. The van der Waals surface area contributed by atoms with Crippen molar-refractivity contribution in [1.82, 2.24) is 25.0 Å². The first kappa shape index (κ1) is 20.1. The maximum Gasteiger partial charge on any atom is 0.317 e. The Morgan fingerprint density at radius 2 is 2.03 bits per heavy atom. The Morgan fingerprint density at radius 1 is 1.25 bits per heavy atom. The van der Waals surface area contributed by atoms with Crippen LogP contribution in [0.3, 0.4) is 0 Å². The summed E-state index contributed by atoms with van der Waals surface area (Å²) in [7, 11) is 0. The number of nitrogens with zero attached hydrogens (tertiary/aromatic N) is 5. The van der Waals surface area contributed by atoms with Gasteiger partial charge in [-0.15, -0.1) is 0 Å². The van der Waals surface area contributed by atoms with Crippen molar-refractivity contribution in [1.29, 1.82) is 5.26 Å². The largest absolute Gasteiger partial charge is 0.383 e. The van der Waals surface area contributed by atoms with Crippen LogP contribution < -0.4 is 11.1 Å². The van der Waals surface area contributed by atoms with Crippen LogP contribution in [0.4, 0.5) is 10.6 Å². The average molecular weight is 428 g/mol. The maximum absolute atomic E-state index is 13.0. The number of nitrogens with one attached hydrogen (secondary N) is 1. The summed E-state index contributed by atoms with van der Waals surface area (Å²) in [6, 6.07) is 15.8. The molecule has 3 N–H and O–H groups in total. The first-order chi connectivity index (χ1) is 15.5. The summed E-state index contributed by atoms with van der Waals surface area (Å²) in [4.78, 5) is 19.0. The van der Waals surface area contributed by atoms with Gasteiger partial charge < -0.3 is 16.0 Å². The Morgan fingerprint density at radius 3 is 2.81 bits per heavy atom. The number of benzene rings is 1. The van der Waals surface area contributed by atoms with Crippen molar-refractivity contribution in [2.45, 2.75) is 37.8 Å². The van der Waals surface area contributed by atoms with E-state index in [2.05, 4.69) is 22.4 Å². The van der Waals surface area contributed by atoms with Gasteiger partial charge >= 0.3 is 6.03 Å². The molecule has 2 aromatic heterocycles. The Balaban J connectivity index is 1.33. The van der Waals surface area contributed by atoms with E-state index in [0.29, 0.717) is 12.1 Å². The van der Waals surface area contributed by atoms with Crippen molar-refractivity contribution < 1.29 is 4.79 Å². The molecule has 8 heteroatoms. The summed E-state index contributed by atoms with van der Waals surface area (Å²) in [6.45, 7) is 4.22. The number of likely N-dealkylation sites (tertiary alicyclic amines) is 1. The zero-order valence-corrected chi connectivity index (χ0v) is 18.0. The number of carbonyl (C=O) groups excluding carboxylic acids is 1. The summed E-state index contributed by atoms with van der Waals surface area (Å²) in [5.74, 6) is 0.224. The molecule has 32 heavy (non-hydrogen) atoms. The van der Waals surface area contributed by atoms with Crippen LogP contribution in [-0.4, -0.2) is 38.8 Å². The van der Waals surface area contributed by atoms with Gasteiger partial charge in [-0.3, -0.25) is 4.68 Å². The summed E-state index contributed by atoms with van der Waals surface area (Å²) >= 11 is 0. The summed E-state index contributed by atoms with van der Waals surface area (Å²) in [6.07, 6.45) is 3.53. The number of amides is 2. The number of nitrogen functional groups attached to an aromatic ring is 1. The van der Waals surface area contributed by atoms with Crippen molar-refractivity contribution in [3.8, 4) is 17.3 Å². The van der Waals surface area contributed by atoms with Crippen LogP contribution in [-0.2, 0) is 12.0 Å². The molecule has 2 amide bonds. The highest BCUT2D eigenvalue weighted by atomic mass is 16.2. The molecule has 1 aromatic carbocycles. The molecule has 2 aliphatic rings. The molecule has 4 heterocycles. The molecular formula is C24H25N7O. The van der Waals surface area contributed by atoms with E-state index in [1.54, 1.807) is 12.3 Å². The number of fused-ring (bicyclic) bond motifs is 2. The second kappa shape index (κ2) is 7.68. The van der Waals surface area contributed by atoms with E-state index in [1.807, 2.05) is 46.8 Å². The number of hydrogen-bond acceptors (Lipinski definition) is 5. The van der Waals surface area contributed by atoms with Crippen molar-refractivity contribution in [2.75, 3.05) is 18.8 Å². The van der Waals surface area contributed by atoms with Gasteiger partial charge in [0.05, 0.1) is 17.3 Å². The van der Waals surface area contributed by atoms with E-state index < -0.39 is 0 Å². The van der Waals surface area contributed by atoms with Crippen LogP contribution in [0, 0.1) is 11.3 Å². The minimum absolute atomic E-state index is 0.0298. The molecule has 2 atom stereocenters. The lowest BCUT2D eigenvalue weighted by molar-refractivity contribution is 0.202. The summed E-state index contributed by atoms with van der Waals surface area (Å²) in [5.41, 5.74) is 9.81. The number of nitrogens with two attached hydrogens (primary N) is 1. The maximum atomic E-state index is 13.0. The Hall–Kier alpha value is -3.86. The average Bonchev–Trinajstić information content (AvgIpc) is 3.51. The molecule has 2 aliphatic heterocycles. The zero-order chi connectivity index (χ0) is 22.3. The van der Waals surface area contributed by atoms with Gasteiger partial charge in [0.1, 0.15) is 11.9 Å². The quantitative estimate of drug-likeness (QED) is 0.666. The van der Waals surface area contributed by atoms with E-state index in [1.165, 1.54) is 0 Å². The fourth-order valence-electron chi connectivity index (χ4n) is 4.87. The van der Waals surface area contributed by atoms with Crippen LogP contribution in [0.5, 0.6) is 0 Å². The number of rotatable bonds is 3. The molecule has 0 saturated carbocycles. The fraction of sp³-hybridized carbons (Fsp3) is 0.333. The second-order valence-corrected chi connectivity index (χ2v) is 8.69. The van der Waals surface area contributed by atoms with Crippen molar-refractivity contribution >= 4 is 11.8 Å². The van der Waals surface area contributed by atoms with Gasteiger partial charge in [0.2, 0.25) is 0 Å². The van der Waals surface area contributed by atoms with Crippen molar-refractivity contribution in [2.24, 2.45) is 0 Å². The molecule has 8 nitrogen and oxygen atoms in total. The van der Waals surface area contributed by atoms with E-state index >= 15 is 0 Å². The number of aromatic nitrogens is 3. The molecule has 0 bridgehead atoms. The van der Waals surface area contributed by atoms with Crippen LogP contribution in [0.1, 0.15) is 42.6 Å². The Kier molecular flexibility index (Phi) is 4.82. The molecule has 1 spiro atoms. The Bertz CT molecular complexity index is 1210. The van der Waals surface area contributed by atoms with Gasteiger partial charge in [0, 0.05) is 42.5 Å². The van der Waals surface area contributed by atoms with Crippen molar-refractivity contribution in [3.63, 3.8) is 0 Å². The highest BCUT2D eigenvalue weighted by molar-refractivity contribution is 5.75. The summed E-state index contributed by atoms with van der Waals surface area (Å²) < 4.78 is 2.03. The topological polar surface area (TPSA) is 113 Å². The van der Waals surface area contributed by atoms with Gasteiger partial charge in [0.25, 0.3) is 0 Å². The molecule has 1 fully saturated rings. The molecule has 0 aliphatic carbocycles. The number of urea groups is 1. The first-order valence-electron chi connectivity index (χ1n) is 10.8. The number of aryl methyl sites for hydroxylation is 1. The predicted octanol–water partition coefficient (Wildman–Crippen LogP) is 3.22.